The van der Waals surface area contributed by atoms with Crippen molar-refractivity contribution in [2.24, 2.45) is 0 Å². The molecule has 3 heteroatoms. The zero-order valence-corrected chi connectivity index (χ0v) is 11.8. The van der Waals surface area contributed by atoms with Gasteiger partial charge in [0.1, 0.15) is 0 Å². The van der Waals surface area contributed by atoms with Crippen molar-refractivity contribution in [1.82, 2.24) is 4.98 Å². The standard InChI is InChI=1S/C17H18N2O/c1-17(10-7-13-8-11-18-12-9-13)14-5-3-4-6-15(14)19(2)16(17)20/h3-6,8-9,11-12H,7,10H2,1-2H3. The van der Waals surface area contributed by atoms with Gasteiger partial charge in [0.2, 0.25) is 5.91 Å². The minimum absolute atomic E-state index is 0.188. The Labute approximate surface area is 119 Å². The first-order valence-electron chi connectivity index (χ1n) is 6.89. The van der Waals surface area contributed by atoms with Gasteiger partial charge in [-0.15, -0.1) is 0 Å². The second-order valence-electron chi connectivity index (χ2n) is 5.57. The molecule has 2 heterocycles. The quantitative estimate of drug-likeness (QED) is 0.855. The van der Waals surface area contributed by atoms with E-state index in [-0.39, 0.29) is 5.91 Å². The van der Waals surface area contributed by atoms with Crippen LogP contribution in [-0.4, -0.2) is 17.9 Å². The van der Waals surface area contributed by atoms with E-state index in [1.54, 1.807) is 17.3 Å². The van der Waals surface area contributed by atoms with Crippen molar-refractivity contribution < 1.29 is 4.79 Å². The molecule has 1 unspecified atom stereocenters. The second-order valence-corrected chi connectivity index (χ2v) is 5.57. The number of pyridine rings is 1. The van der Waals surface area contributed by atoms with E-state index in [1.165, 1.54) is 5.56 Å². The highest BCUT2D eigenvalue weighted by atomic mass is 16.2. The first-order chi connectivity index (χ1) is 9.63. The summed E-state index contributed by atoms with van der Waals surface area (Å²) in [5.74, 6) is 0.188. The van der Waals surface area contributed by atoms with Crippen LogP contribution in [0.2, 0.25) is 0 Å². The van der Waals surface area contributed by atoms with Gasteiger partial charge in [0.25, 0.3) is 0 Å². The van der Waals surface area contributed by atoms with E-state index < -0.39 is 5.41 Å². The maximum absolute atomic E-state index is 12.6. The van der Waals surface area contributed by atoms with E-state index in [4.69, 9.17) is 0 Å². The highest BCUT2D eigenvalue weighted by Crippen LogP contribution is 2.43. The molecule has 1 atom stereocenters. The van der Waals surface area contributed by atoms with Crippen LogP contribution in [0.4, 0.5) is 5.69 Å². The van der Waals surface area contributed by atoms with E-state index >= 15 is 0 Å². The number of benzene rings is 1. The molecule has 0 spiro atoms. The molecule has 0 saturated heterocycles. The first-order valence-corrected chi connectivity index (χ1v) is 6.89. The van der Waals surface area contributed by atoms with Crippen LogP contribution in [0, 0.1) is 0 Å². The molecule has 1 aromatic carbocycles. The summed E-state index contributed by atoms with van der Waals surface area (Å²) in [6.07, 6.45) is 5.30. The Bertz CT molecular complexity index is 638. The number of aromatic nitrogens is 1. The monoisotopic (exact) mass is 266 g/mol. The van der Waals surface area contributed by atoms with Crippen molar-refractivity contribution in [1.29, 1.82) is 0 Å². The molecular formula is C17H18N2O. The number of carbonyl (C=O) groups excluding carboxylic acids is 1. The molecule has 1 aliphatic rings. The number of amides is 1. The Kier molecular flexibility index (Phi) is 3.05. The summed E-state index contributed by atoms with van der Waals surface area (Å²) in [5, 5.41) is 0. The third kappa shape index (κ3) is 1.90. The Balaban J connectivity index is 1.90. The van der Waals surface area contributed by atoms with Gasteiger partial charge in [-0.2, -0.15) is 0 Å². The lowest BCUT2D eigenvalue weighted by atomic mass is 9.79. The Morgan fingerprint density at radius 3 is 2.60 bits per heavy atom. The molecule has 0 saturated carbocycles. The topological polar surface area (TPSA) is 33.2 Å². The number of likely N-dealkylation sites (N-methyl/N-ethyl adjacent to an activating group) is 1. The van der Waals surface area contributed by atoms with Crippen molar-refractivity contribution in [2.75, 3.05) is 11.9 Å². The number of hydrogen-bond donors (Lipinski definition) is 0. The van der Waals surface area contributed by atoms with E-state index in [0.717, 1.165) is 24.1 Å². The number of carbonyl (C=O) groups is 1. The third-order valence-electron chi connectivity index (χ3n) is 4.30. The minimum atomic E-state index is -0.422. The van der Waals surface area contributed by atoms with Crippen LogP contribution in [0.25, 0.3) is 0 Å². The maximum Gasteiger partial charge on any atom is 0.237 e. The number of hydrogen-bond acceptors (Lipinski definition) is 2. The molecule has 1 aliphatic heterocycles. The summed E-state index contributed by atoms with van der Waals surface area (Å²) in [6.45, 7) is 2.05. The zero-order chi connectivity index (χ0) is 14.2. The lowest BCUT2D eigenvalue weighted by Gasteiger charge is -2.23. The first kappa shape index (κ1) is 12.9. The zero-order valence-electron chi connectivity index (χ0n) is 11.8. The SMILES string of the molecule is CN1C(=O)C(C)(CCc2ccncc2)c2ccccc21. The molecule has 2 aromatic rings. The highest BCUT2D eigenvalue weighted by Gasteiger charge is 2.45. The molecule has 3 nitrogen and oxygen atoms in total. The van der Waals surface area contributed by atoms with Crippen LogP contribution >= 0.6 is 0 Å². The van der Waals surface area contributed by atoms with Crippen LogP contribution < -0.4 is 4.90 Å². The average Bonchev–Trinajstić information content (AvgIpc) is 2.69. The summed E-state index contributed by atoms with van der Waals surface area (Å²) < 4.78 is 0. The highest BCUT2D eigenvalue weighted by molar-refractivity contribution is 6.07. The van der Waals surface area contributed by atoms with Gasteiger partial charge in [-0.05, 0) is 49.1 Å². The summed E-state index contributed by atoms with van der Waals surface area (Å²) in [6, 6.07) is 12.1. The summed E-state index contributed by atoms with van der Waals surface area (Å²) in [7, 11) is 1.86. The fourth-order valence-corrected chi connectivity index (χ4v) is 3.01. The number of nitrogens with zero attached hydrogens (tertiary/aromatic N) is 2. The fourth-order valence-electron chi connectivity index (χ4n) is 3.01. The third-order valence-corrected chi connectivity index (χ3v) is 4.30. The normalized spacial score (nSPS) is 21.1. The van der Waals surface area contributed by atoms with Crippen molar-refractivity contribution >= 4 is 11.6 Å². The number of fused-ring (bicyclic) bond motifs is 1. The number of para-hydroxylation sites is 1. The van der Waals surface area contributed by atoms with Gasteiger partial charge >= 0.3 is 0 Å². The number of rotatable bonds is 3. The summed E-state index contributed by atoms with van der Waals surface area (Å²) >= 11 is 0. The van der Waals surface area contributed by atoms with Crippen LogP contribution in [-0.2, 0) is 16.6 Å². The van der Waals surface area contributed by atoms with Gasteiger partial charge in [0, 0.05) is 25.1 Å². The van der Waals surface area contributed by atoms with Gasteiger partial charge < -0.3 is 4.90 Å². The molecule has 0 N–H and O–H groups in total. The molecule has 0 fully saturated rings. The van der Waals surface area contributed by atoms with Crippen LogP contribution in [0.15, 0.2) is 48.8 Å². The molecular weight excluding hydrogens is 248 g/mol. The summed E-state index contributed by atoms with van der Waals surface area (Å²) in [5.41, 5.74) is 2.98. The Morgan fingerprint density at radius 2 is 1.85 bits per heavy atom. The molecule has 1 amide bonds. The van der Waals surface area contributed by atoms with Crippen LogP contribution in [0.1, 0.15) is 24.5 Å². The lowest BCUT2D eigenvalue weighted by molar-refractivity contribution is -0.122. The molecule has 3 rings (SSSR count). The molecule has 1 aromatic heterocycles. The molecule has 0 radical (unpaired) electrons. The lowest BCUT2D eigenvalue weighted by Crippen LogP contribution is -2.36. The fraction of sp³-hybridized carbons (Fsp3) is 0.294. The molecule has 102 valence electrons. The van der Waals surface area contributed by atoms with Gasteiger partial charge in [-0.3, -0.25) is 9.78 Å². The van der Waals surface area contributed by atoms with Gasteiger partial charge in [0.05, 0.1) is 5.41 Å². The van der Waals surface area contributed by atoms with Crippen LogP contribution in [0.5, 0.6) is 0 Å². The van der Waals surface area contributed by atoms with Gasteiger partial charge in [-0.1, -0.05) is 18.2 Å². The number of aryl methyl sites for hydroxylation is 1. The van der Waals surface area contributed by atoms with Crippen molar-refractivity contribution in [2.45, 2.75) is 25.2 Å². The largest absolute Gasteiger partial charge is 0.314 e. The molecule has 0 aliphatic carbocycles. The van der Waals surface area contributed by atoms with Crippen molar-refractivity contribution in [3.8, 4) is 0 Å². The minimum Gasteiger partial charge on any atom is -0.314 e. The van der Waals surface area contributed by atoms with Crippen LogP contribution in [0.3, 0.4) is 0 Å². The Hall–Kier alpha value is -2.16. The molecule has 20 heavy (non-hydrogen) atoms. The van der Waals surface area contributed by atoms with E-state index in [9.17, 15) is 4.79 Å². The predicted octanol–water partition coefficient (Wildman–Crippen LogP) is 2.95. The van der Waals surface area contributed by atoms with E-state index in [0.29, 0.717) is 0 Å². The van der Waals surface area contributed by atoms with E-state index in [1.807, 2.05) is 37.4 Å². The predicted molar refractivity (Wildman–Crippen MR) is 79.8 cm³/mol. The molecule has 0 bridgehead atoms. The maximum atomic E-state index is 12.6. The van der Waals surface area contributed by atoms with Gasteiger partial charge in [-0.25, -0.2) is 0 Å². The Morgan fingerprint density at radius 1 is 1.15 bits per heavy atom. The van der Waals surface area contributed by atoms with Gasteiger partial charge in [0.15, 0.2) is 0 Å². The summed E-state index contributed by atoms with van der Waals surface area (Å²) in [4.78, 5) is 18.4. The smallest absolute Gasteiger partial charge is 0.237 e. The van der Waals surface area contributed by atoms with E-state index in [2.05, 4.69) is 18.0 Å². The van der Waals surface area contributed by atoms with Crippen molar-refractivity contribution in [3.63, 3.8) is 0 Å². The second kappa shape index (κ2) is 4.75. The van der Waals surface area contributed by atoms with Crippen molar-refractivity contribution in [3.05, 3.63) is 59.9 Å². The number of anilines is 1. The average molecular weight is 266 g/mol.